The monoisotopic (exact) mass is 339 g/mol. The van der Waals surface area contributed by atoms with Crippen LogP contribution in [-0.2, 0) is 21.7 Å². The number of hydrogen-bond donors (Lipinski definition) is 0. The van der Waals surface area contributed by atoms with Gasteiger partial charge < -0.3 is 9.64 Å². The zero-order valence-electron chi connectivity index (χ0n) is 13.4. The lowest BCUT2D eigenvalue weighted by Crippen LogP contribution is -2.40. The third-order valence-corrected chi connectivity index (χ3v) is 7.19. The summed E-state index contributed by atoms with van der Waals surface area (Å²) in [7, 11) is -1.09. The van der Waals surface area contributed by atoms with Gasteiger partial charge in [-0.05, 0) is 31.6 Å². The molecule has 1 spiro atoms. The summed E-state index contributed by atoms with van der Waals surface area (Å²) in [6.45, 7) is 2.87. The van der Waals surface area contributed by atoms with E-state index in [-0.39, 0.29) is 28.7 Å². The maximum absolute atomic E-state index is 13.0. The molecule has 126 valence electrons. The van der Waals surface area contributed by atoms with Crippen molar-refractivity contribution in [2.45, 2.75) is 26.2 Å². The summed E-state index contributed by atoms with van der Waals surface area (Å²) >= 11 is 0. The molecule has 1 aromatic rings. The lowest BCUT2D eigenvalue weighted by atomic mass is 9.95. The normalized spacial score (nSPS) is 27.4. The second-order valence-corrected chi connectivity index (χ2v) is 9.28. The van der Waals surface area contributed by atoms with Crippen LogP contribution in [0.25, 0.3) is 0 Å². The number of carbonyl (C=O) groups excluding carboxylic acids is 1. The van der Waals surface area contributed by atoms with E-state index in [4.69, 9.17) is 4.74 Å². The highest BCUT2D eigenvalue weighted by molar-refractivity contribution is 7.91. The van der Waals surface area contributed by atoms with Crippen molar-refractivity contribution in [3.05, 3.63) is 5.69 Å². The van der Waals surface area contributed by atoms with Crippen molar-refractivity contribution in [2.24, 2.45) is 18.4 Å². The number of carbonyl (C=O) groups is 1. The predicted molar refractivity (Wildman–Crippen MR) is 84.2 cm³/mol. The molecule has 8 heteroatoms. The van der Waals surface area contributed by atoms with Gasteiger partial charge in [0.1, 0.15) is 22.1 Å². The van der Waals surface area contributed by atoms with Crippen molar-refractivity contribution < 1.29 is 17.9 Å². The molecule has 1 saturated carbocycles. The van der Waals surface area contributed by atoms with Crippen LogP contribution in [0, 0.1) is 18.3 Å². The van der Waals surface area contributed by atoms with Crippen molar-refractivity contribution in [2.75, 3.05) is 29.6 Å². The van der Waals surface area contributed by atoms with Gasteiger partial charge in [-0.2, -0.15) is 5.10 Å². The number of nitrogens with zero attached hydrogens (tertiary/aromatic N) is 3. The molecule has 2 fully saturated rings. The van der Waals surface area contributed by atoms with Crippen LogP contribution in [0.2, 0.25) is 0 Å². The topological polar surface area (TPSA) is 81.5 Å². The molecule has 1 aromatic heterocycles. The van der Waals surface area contributed by atoms with E-state index >= 15 is 0 Å². The fraction of sp³-hybridized carbons (Fsp3) is 0.733. The van der Waals surface area contributed by atoms with Crippen molar-refractivity contribution >= 4 is 21.4 Å². The minimum atomic E-state index is -2.90. The van der Waals surface area contributed by atoms with Crippen molar-refractivity contribution in [3.8, 4) is 5.88 Å². The van der Waals surface area contributed by atoms with E-state index in [9.17, 15) is 13.2 Å². The minimum Gasteiger partial charge on any atom is -0.474 e. The highest BCUT2D eigenvalue weighted by atomic mass is 32.2. The van der Waals surface area contributed by atoms with Crippen molar-refractivity contribution in [1.29, 1.82) is 0 Å². The highest BCUT2D eigenvalue weighted by Gasteiger charge is 2.60. The van der Waals surface area contributed by atoms with Gasteiger partial charge in [-0.15, -0.1) is 0 Å². The number of aromatic nitrogens is 2. The summed E-state index contributed by atoms with van der Waals surface area (Å²) in [6.07, 6.45) is 2.05. The molecule has 1 unspecified atom stereocenters. The Hall–Kier alpha value is -1.57. The molecule has 1 saturated heterocycles. The molecule has 0 radical (unpaired) electrons. The first-order chi connectivity index (χ1) is 10.8. The number of fused-ring (bicyclic) bond motifs is 1. The fourth-order valence-electron chi connectivity index (χ4n) is 4.05. The van der Waals surface area contributed by atoms with Crippen LogP contribution in [0.4, 0.5) is 5.69 Å². The Bertz CT molecular complexity index is 769. The van der Waals surface area contributed by atoms with Gasteiger partial charge in [0.05, 0.1) is 23.7 Å². The first-order valence-corrected chi connectivity index (χ1v) is 9.83. The van der Waals surface area contributed by atoms with Gasteiger partial charge >= 0.3 is 0 Å². The zero-order valence-corrected chi connectivity index (χ0v) is 14.2. The number of anilines is 1. The molecular formula is C15H21N3O4S. The van der Waals surface area contributed by atoms with Crippen LogP contribution in [0.3, 0.4) is 0 Å². The lowest BCUT2D eigenvalue weighted by Gasteiger charge is -2.29. The molecule has 0 bridgehead atoms. The Morgan fingerprint density at radius 3 is 2.74 bits per heavy atom. The van der Waals surface area contributed by atoms with E-state index in [0.29, 0.717) is 31.9 Å². The van der Waals surface area contributed by atoms with Crippen LogP contribution in [0.5, 0.6) is 5.88 Å². The number of ether oxygens (including phenoxy) is 1. The zero-order chi connectivity index (χ0) is 16.4. The molecule has 0 aromatic carbocycles. The Labute approximate surface area is 135 Å². The Kier molecular flexibility index (Phi) is 3.07. The first-order valence-electron chi connectivity index (χ1n) is 8.01. The Morgan fingerprint density at radius 1 is 1.35 bits per heavy atom. The summed E-state index contributed by atoms with van der Waals surface area (Å²) in [4.78, 5) is 14.8. The van der Waals surface area contributed by atoms with E-state index in [0.717, 1.165) is 17.8 Å². The van der Waals surface area contributed by atoms with E-state index < -0.39 is 9.84 Å². The molecule has 7 nitrogen and oxygen atoms in total. The van der Waals surface area contributed by atoms with E-state index in [1.54, 1.807) is 9.58 Å². The molecule has 2 aliphatic heterocycles. The minimum absolute atomic E-state index is 0.0523. The SMILES string of the molecule is Cc1nn(C)c2c1N(C(=O)C1CC13CCS(=O)(=O)CC3)CCO2. The van der Waals surface area contributed by atoms with E-state index in [1.807, 2.05) is 14.0 Å². The quantitative estimate of drug-likeness (QED) is 0.751. The van der Waals surface area contributed by atoms with Gasteiger partial charge in [0.2, 0.25) is 11.8 Å². The third kappa shape index (κ3) is 2.26. The van der Waals surface area contributed by atoms with Gasteiger partial charge in [0, 0.05) is 13.0 Å². The summed E-state index contributed by atoms with van der Waals surface area (Å²) in [6, 6.07) is 0. The van der Waals surface area contributed by atoms with Crippen LogP contribution in [-0.4, -0.2) is 48.8 Å². The average Bonchev–Trinajstić information content (AvgIpc) is 3.15. The number of rotatable bonds is 1. The van der Waals surface area contributed by atoms with Gasteiger partial charge in [-0.25, -0.2) is 13.1 Å². The summed E-state index contributed by atoms with van der Waals surface area (Å²) in [5, 5.41) is 4.35. The van der Waals surface area contributed by atoms with Crippen LogP contribution in [0.15, 0.2) is 0 Å². The molecule has 23 heavy (non-hydrogen) atoms. The third-order valence-electron chi connectivity index (χ3n) is 5.54. The number of hydrogen-bond acceptors (Lipinski definition) is 5. The molecule has 1 atom stereocenters. The summed E-state index contributed by atoms with van der Waals surface area (Å²) < 4.78 is 30.6. The summed E-state index contributed by atoms with van der Waals surface area (Å²) in [5.74, 6) is 1.13. The highest BCUT2D eigenvalue weighted by Crippen LogP contribution is 2.60. The van der Waals surface area contributed by atoms with Gasteiger partial charge in [-0.1, -0.05) is 0 Å². The maximum Gasteiger partial charge on any atom is 0.236 e. The van der Waals surface area contributed by atoms with Crippen molar-refractivity contribution in [3.63, 3.8) is 0 Å². The predicted octanol–water partition coefficient (Wildman–Crippen LogP) is 0.669. The van der Waals surface area contributed by atoms with Gasteiger partial charge in [-0.3, -0.25) is 4.79 Å². The summed E-state index contributed by atoms with van der Waals surface area (Å²) in [5.41, 5.74) is 1.47. The smallest absolute Gasteiger partial charge is 0.236 e. The standard InChI is InChI=1S/C15H21N3O4S/c1-10-12-14(17(2)16-10)22-6-5-18(12)13(19)11-9-15(11)3-7-23(20,21)8-4-15/h11H,3-9H2,1-2H3. The van der Waals surface area contributed by atoms with Crippen molar-refractivity contribution in [1.82, 2.24) is 9.78 Å². The van der Waals surface area contributed by atoms with Gasteiger partial charge in [0.15, 0.2) is 0 Å². The van der Waals surface area contributed by atoms with E-state index in [1.165, 1.54) is 0 Å². The molecule has 1 amide bonds. The molecule has 3 heterocycles. The molecule has 1 aliphatic carbocycles. The molecule has 0 N–H and O–H groups in total. The molecule has 3 aliphatic rings. The van der Waals surface area contributed by atoms with E-state index in [2.05, 4.69) is 5.10 Å². The van der Waals surface area contributed by atoms with Crippen LogP contribution >= 0.6 is 0 Å². The second kappa shape index (κ2) is 4.72. The van der Waals surface area contributed by atoms with Gasteiger partial charge in [0.25, 0.3) is 0 Å². The number of sulfone groups is 1. The number of amides is 1. The van der Waals surface area contributed by atoms with Crippen LogP contribution in [0.1, 0.15) is 25.0 Å². The Morgan fingerprint density at radius 2 is 2.04 bits per heavy atom. The molecule has 4 rings (SSSR count). The molecular weight excluding hydrogens is 318 g/mol. The fourth-order valence-corrected chi connectivity index (χ4v) is 5.69. The number of aryl methyl sites for hydroxylation is 2. The average molecular weight is 339 g/mol. The van der Waals surface area contributed by atoms with Crippen LogP contribution < -0.4 is 9.64 Å². The first kappa shape index (κ1) is 15.0. The second-order valence-electron chi connectivity index (χ2n) is 6.97. The Balaban J connectivity index is 1.56. The maximum atomic E-state index is 13.0. The lowest BCUT2D eigenvalue weighted by molar-refractivity contribution is -0.121. The largest absolute Gasteiger partial charge is 0.474 e.